The topological polar surface area (TPSA) is 22.2 Å². The normalized spacial score (nSPS) is 12.2. The Hall–Kier alpha value is -6.75. The molecule has 0 fully saturated rings. The summed E-state index contributed by atoms with van der Waals surface area (Å²) in [5, 5.41) is 9.98. The summed E-state index contributed by atoms with van der Waals surface area (Å²) in [5.74, 6) is 0. The van der Waals surface area contributed by atoms with Gasteiger partial charge in [0, 0.05) is 42.9 Å². The van der Waals surface area contributed by atoms with Crippen molar-refractivity contribution in [1.82, 2.24) is 14.0 Å². The second-order valence-corrected chi connectivity index (χ2v) is 15.0. The number of hydrogen-bond donors (Lipinski definition) is 0. The van der Waals surface area contributed by atoms with Crippen molar-refractivity contribution < 1.29 is 0 Å². The third-order valence-electron chi connectivity index (χ3n) is 11.1. The van der Waals surface area contributed by atoms with E-state index in [0.717, 1.165) is 33.6 Å². The van der Waals surface area contributed by atoms with E-state index in [1.54, 1.807) is 0 Å². The lowest BCUT2D eigenvalue weighted by Crippen LogP contribution is -1.95. The van der Waals surface area contributed by atoms with Crippen LogP contribution in [0.4, 0.5) is 0 Å². The van der Waals surface area contributed by atoms with Crippen LogP contribution in [0, 0.1) is 0 Å². The Kier molecular flexibility index (Phi) is 5.93. The van der Waals surface area contributed by atoms with Gasteiger partial charge in [0.1, 0.15) is 0 Å². The van der Waals surface area contributed by atoms with Gasteiger partial charge < -0.3 is 4.57 Å². The fourth-order valence-corrected chi connectivity index (χ4v) is 9.99. The molecule has 4 aromatic heterocycles. The first-order chi connectivity index (χ1) is 26.3. The van der Waals surface area contributed by atoms with Gasteiger partial charge in [0.15, 0.2) is 5.65 Å². The van der Waals surface area contributed by atoms with Crippen LogP contribution in [0.15, 0.2) is 176 Å². The molecule has 0 N–H and O–H groups in total. The lowest BCUT2D eigenvalue weighted by Gasteiger charge is -2.13. The maximum Gasteiger partial charge on any atom is 0.156 e. The van der Waals surface area contributed by atoms with Crippen LogP contribution in [0.2, 0.25) is 0 Å². The molecule has 8 aromatic carbocycles. The maximum absolute atomic E-state index is 5.46. The second-order valence-electron chi connectivity index (χ2n) is 13.9. The Bertz CT molecular complexity index is 3440. The van der Waals surface area contributed by atoms with E-state index < -0.39 is 0 Å². The van der Waals surface area contributed by atoms with Gasteiger partial charge in [0.25, 0.3) is 0 Å². The van der Waals surface area contributed by atoms with Gasteiger partial charge in [0.05, 0.1) is 32.5 Å². The molecule has 53 heavy (non-hydrogen) atoms. The molecule has 246 valence electrons. The summed E-state index contributed by atoms with van der Waals surface area (Å²) in [7, 11) is 0. The number of aromatic nitrogens is 3. The Labute approximate surface area is 308 Å². The molecule has 0 saturated heterocycles. The number of thiophene rings is 1. The molecule has 0 bridgehead atoms. The predicted molar refractivity (Wildman–Crippen MR) is 226 cm³/mol. The molecular weight excluding hydrogens is 663 g/mol. The molecule has 12 aromatic rings. The zero-order valence-electron chi connectivity index (χ0n) is 28.5. The molecule has 0 amide bonds. The van der Waals surface area contributed by atoms with Crippen LogP contribution < -0.4 is 0 Å². The smallest absolute Gasteiger partial charge is 0.156 e. The van der Waals surface area contributed by atoms with Gasteiger partial charge in [-0.1, -0.05) is 146 Å². The molecule has 0 radical (unpaired) electrons. The van der Waals surface area contributed by atoms with Crippen molar-refractivity contribution in [2.24, 2.45) is 0 Å². The molecule has 0 aliphatic rings. The molecular formula is C49H29N3S. The molecule has 0 saturated carbocycles. The molecule has 3 nitrogen and oxygen atoms in total. The van der Waals surface area contributed by atoms with Gasteiger partial charge in [-0.3, -0.25) is 4.40 Å². The second kappa shape index (κ2) is 10.9. The standard InChI is InChI=1S/C49H29N3S/c1-2-13-34(14-3-1)51-42-20-9-8-17-38(42)39-19-10-18-36(46(39)51)32-21-23-33(24-22-32)44-29-41-40-27-25-31-12-5-7-16-37(31)47(40)53-48(41)49-50-45-35-15-6-4-11-30(35)26-28-43(45)52(44)49/h1-29H. The van der Waals surface area contributed by atoms with Gasteiger partial charge in [-0.2, -0.15) is 0 Å². The van der Waals surface area contributed by atoms with Crippen LogP contribution in [0.1, 0.15) is 0 Å². The van der Waals surface area contributed by atoms with E-state index in [4.69, 9.17) is 4.98 Å². The van der Waals surface area contributed by atoms with Crippen molar-refractivity contribution in [1.29, 1.82) is 0 Å². The molecule has 0 atom stereocenters. The summed E-state index contributed by atoms with van der Waals surface area (Å²) in [6.45, 7) is 0. The average molecular weight is 692 g/mol. The van der Waals surface area contributed by atoms with Gasteiger partial charge in [0.2, 0.25) is 0 Å². The molecule has 0 spiro atoms. The molecule has 0 aliphatic carbocycles. The van der Waals surface area contributed by atoms with Crippen LogP contribution in [0.25, 0.3) is 108 Å². The highest BCUT2D eigenvalue weighted by molar-refractivity contribution is 7.27. The summed E-state index contributed by atoms with van der Waals surface area (Å²) in [4.78, 5) is 5.46. The summed E-state index contributed by atoms with van der Waals surface area (Å²) in [6.07, 6.45) is 0. The largest absolute Gasteiger partial charge is 0.309 e. The lowest BCUT2D eigenvalue weighted by molar-refractivity contribution is 1.18. The van der Waals surface area contributed by atoms with E-state index in [1.165, 1.54) is 74.6 Å². The number of fused-ring (bicyclic) bond motifs is 14. The zero-order chi connectivity index (χ0) is 34.6. The van der Waals surface area contributed by atoms with Crippen molar-refractivity contribution in [3.8, 4) is 28.1 Å². The summed E-state index contributed by atoms with van der Waals surface area (Å²) < 4.78 is 7.34. The minimum atomic E-state index is 1.01. The summed E-state index contributed by atoms with van der Waals surface area (Å²) >= 11 is 1.86. The molecule has 0 aliphatic heterocycles. The third kappa shape index (κ3) is 4.07. The van der Waals surface area contributed by atoms with E-state index >= 15 is 0 Å². The van der Waals surface area contributed by atoms with E-state index in [9.17, 15) is 0 Å². The first-order valence-corrected chi connectivity index (χ1v) is 18.9. The van der Waals surface area contributed by atoms with E-state index in [2.05, 4.69) is 185 Å². The van der Waals surface area contributed by atoms with Crippen molar-refractivity contribution >= 4 is 91.5 Å². The monoisotopic (exact) mass is 691 g/mol. The Morgan fingerprint density at radius 3 is 1.96 bits per heavy atom. The SMILES string of the molecule is c1ccc(-n2c3ccccc3c3cccc(-c4ccc(-c5cc6c7ccc8ccccc8c7sc6c6nc7c8ccccc8ccc7n56)cc4)c32)cc1. The summed E-state index contributed by atoms with van der Waals surface area (Å²) in [5.41, 5.74) is 11.5. The van der Waals surface area contributed by atoms with E-state index in [-0.39, 0.29) is 0 Å². The number of benzene rings is 8. The predicted octanol–water partition coefficient (Wildman–Crippen LogP) is 13.6. The fourth-order valence-electron chi connectivity index (χ4n) is 8.69. The Morgan fingerprint density at radius 2 is 1.11 bits per heavy atom. The number of rotatable bonds is 3. The van der Waals surface area contributed by atoms with Crippen LogP contribution >= 0.6 is 11.3 Å². The first kappa shape index (κ1) is 28.9. The zero-order valence-corrected chi connectivity index (χ0v) is 29.3. The highest BCUT2D eigenvalue weighted by Crippen LogP contribution is 2.44. The number of imidazole rings is 1. The van der Waals surface area contributed by atoms with E-state index in [0.29, 0.717) is 0 Å². The van der Waals surface area contributed by atoms with Gasteiger partial charge in [-0.15, -0.1) is 11.3 Å². The number of hydrogen-bond acceptors (Lipinski definition) is 2. The van der Waals surface area contributed by atoms with Gasteiger partial charge in [-0.25, -0.2) is 4.98 Å². The van der Waals surface area contributed by atoms with Crippen molar-refractivity contribution in [2.45, 2.75) is 0 Å². The maximum atomic E-state index is 5.46. The molecule has 12 rings (SSSR count). The average Bonchev–Trinajstić information content (AvgIpc) is 3.91. The highest BCUT2D eigenvalue weighted by Gasteiger charge is 2.21. The van der Waals surface area contributed by atoms with E-state index in [1.807, 2.05) is 11.3 Å². The van der Waals surface area contributed by atoms with Gasteiger partial charge >= 0.3 is 0 Å². The molecule has 0 unspecified atom stereocenters. The quantitative estimate of drug-likeness (QED) is 0.181. The molecule has 4 heteroatoms. The fraction of sp³-hybridized carbons (Fsp3) is 0. The van der Waals surface area contributed by atoms with Crippen molar-refractivity contribution in [3.05, 3.63) is 176 Å². The number of pyridine rings is 1. The van der Waals surface area contributed by atoms with Crippen LogP contribution in [0.3, 0.4) is 0 Å². The minimum absolute atomic E-state index is 1.01. The highest BCUT2D eigenvalue weighted by atomic mass is 32.1. The Morgan fingerprint density at radius 1 is 0.434 bits per heavy atom. The first-order valence-electron chi connectivity index (χ1n) is 18.1. The van der Waals surface area contributed by atoms with Crippen LogP contribution in [-0.2, 0) is 0 Å². The van der Waals surface area contributed by atoms with Crippen molar-refractivity contribution in [2.75, 3.05) is 0 Å². The lowest BCUT2D eigenvalue weighted by atomic mass is 9.99. The van der Waals surface area contributed by atoms with Crippen molar-refractivity contribution in [3.63, 3.8) is 0 Å². The number of nitrogens with zero attached hydrogens (tertiary/aromatic N) is 3. The third-order valence-corrected chi connectivity index (χ3v) is 12.3. The van der Waals surface area contributed by atoms with Gasteiger partial charge in [-0.05, 0) is 57.6 Å². The minimum Gasteiger partial charge on any atom is -0.309 e. The Balaban J connectivity index is 1.12. The number of para-hydroxylation sites is 3. The van der Waals surface area contributed by atoms with Crippen LogP contribution in [0.5, 0.6) is 0 Å². The summed E-state index contributed by atoms with van der Waals surface area (Å²) in [6, 6.07) is 64.1. The molecule has 4 heterocycles. The van der Waals surface area contributed by atoms with Crippen LogP contribution in [-0.4, -0.2) is 14.0 Å².